The van der Waals surface area contributed by atoms with Crippen LogP contribution in [0, 0.1) is 0 Å². The lowest BCUT2D eigenvalue weighted by molar-refractivity contribution is 0.305. The third-order valence-electron chi connectivity index (χ3n) is 0.954. The van der Waals surface area contributed by atoms with Crippen LogP contribution in [0.2, 0.25) is 0 Å². The van der Waals surface area contributed by atoms with Gasteiger partial charge in [0.15, 0.2) is 0 Å². The molecular weight excluding hydrogens is 154 g/mol. The van der Waals surface area contributed by atoms with Gasteiger partial charge in [-0.2, -0.15) is 8.42 Å². The summed E-state index contributed by atoms with van der Waals surface area (Å²) < 4.78 is 28.4. The third kappa shape index (κ3) is 4.72. The molecule has 0 atom stereocenters. The molecule has 0 saturated carbocycles. The van der Waals surface area contributed by atoms with E-state index in [9.17, 15) is 8.42 Å². The van der Waals surface area contributed by atoms with Crippen LogP contribution in [0.3, 0.4) is 0 Å². The van der Waals surface area contributed by atoms with Gasteiger partial charge in [-0.3, -0.25) is 4.18 Å². The lowest BCUT2D eigenvalue weighted by Crippen LogP contribution is -2.15. The highest BCUT2D eigenvalue weighted by molar-refractivity contribution is 7.84. The van der Waals surface area contributed by atoms with E-state index in [1.807, 2.05) is 6.92 Å². The number of nitrogens with zero attached hydrogens (tertiary/aromatic N) is 1. The molecule has 0 N–H and O–H groups in total. The molecule has 0 aromatic carbocycles. The predicted molar refractivity (Wildman–Crippen MR) is 37.8 cm³/mol. The van der Waals surface area contributed by atoms with Crippen LogP contribution in [0.4, 0.5) is 0 Å². The summed E-state index contributed by atoms with van der Waals surface area (Å²) >= 11 is 0. The molecule has 0 spiro atoms. The minimum atomic E-state index is -3.57. The molecule has 0 amide bonds. The summed E-state index contributed by atoms with van der Waals surface area (Å²) in [5.41, 5.74) is 0. The van der Waals surface area contributed by atoms with Crippen molar-refractivity contribution >= 4 is 10.3 Å². The standard InChI is InChI=1S/C5H12NO3S/c1-3-4-5-9-10(7,8)6-2/h3-5H2,1-2H3. The fourth-order valence-corrected chi connectivity index (χ4v) is 0.795. The highest BCUT2D eigenvalue weighted by Crippen LogP contribution is 1.92. The zero-order chi connectivity index (χ0) is 8.04. The van der Waals surface area contributed by atoms with Crippen molar-refractivity contribution in [3.63, 3.8) is 0 Å². The molecule has 0 fully saturated rings. The van der Waals surface area contributed by atoms with Gasteiger partial charge in [0, 0.05) is 7.05 Å². The quantitative estimate of drug-likeness (QED) is 0.551. The summed E-state index contributed by atoms with van der Waals surface area (Å²) in [7, 11) is -2.37. The van der Waals surface area contributed by atoms with Crippen molar-refractivity contribution in [1.82, 2.24) is 4.72 Å². The molecule has 5 heteroatoms. The van der Waals surface area contributed by atoms with Crippen molar-refractivity contribution in [1.29, 1.82) is 0 Å². The maximum Gasteiger partial charge on any atom is 0.352 e. The van der Waals surface area contributed by atoms with Crippen LogP contribution in [0.1, 0.15) is 19.8 Å². The summed E-state index contributed by atoms with van der Waals surface area (Å²) in [6, 6.07) is 0. The predicted octanol–water partition coefficient (Wildman–Crippen LogP) is 0.282. The van der Waals surface area contributed by atoms with Crippen LogP contribution in [-0.2, 0) is 14.5 Å². The van der Waals surface area contributed by atoms with E-state index in [0.717, 1.165) is 12.8 Å². The van der Waals surface area contributed by atoms with Gasteiger partial charge in [-0.05, 0) is 6.42 Å². The smallest absolute Gasteiger partial charge is 0.257 e. The Morgan fingerprint density at radius 1 is 1.50 bits per heavy atom. The van der Waals surface area contributed by atoms with Crippen molar-refractivity contribution in [2.24, 2.45) is 0 Å². The van der Waals surface area contributed by atoms with E-state index in [-0.39, 0.29) is 6.61 Å². The van der Waals surface area contributed by atoms with Crippen LogP contribution >= 0.6 is 0 Å². The van der Waals surface area contributed by atoms with Gasteiger partial charge in [-0.15, -0.1) is 0 Å². The monoisotopic (exact) mass is 166 g/mol. The molecule has 0 aromatic heterocycles. The van der Waals surface area contributed by atoms with Gasteiger partial charge in [0.25, 0.3) is 0 Å². The molecule has 0 saturated heterocycles. The third-order valence-corrected chi connectivity index (χ3v) is 1.87. The second-order valence-corrected chi connectivity index (χ2v) is 3.24. The number of rotatable bonds is 5. The van der Waals surface area contributed by atoms with Crippen molar-refractivity contribution in [2.45, 2.75) is 19.8 Å². The van der Waals surface area contributed by atoms with Crippen LogP contribution in [0.25, 0.3) is 0 Å². The van der Waals surface area contributed by atoms with E-state index >= 15 is 0 Å². The Morgan fingerprint density at radius 2 is 2.10 bits per heavy atom. The van der Waals surface area contributed by atoms with Gasteiger partial charge in [0.2, 0.25) is 0 Å². The first-order valence-electron chi connectivity index (χ1n) is 3.13. The normalized spacial score (nSPS) is 11.8. The fraction of sp³-hybridized carbons (Fsp3) is 1.00. The van der Waals surface area contributed by atoms with E-state index in [1.165, 1.54) is 7.05 Å². The average molecular weight is 166 g/mol. The van der Waals surface area contributed by atoms with E-state index in [0.29, 0.717) is 0 Å². The van der Waals surface area contributed by atoms with Gasteiger partial charge >= 0.3 is 10.3 Å². The minimum absolute atomic E-state index is 0.232. The summed E-state index contributed by atoms with van der Waals surface area (Å²) in [5, 5.41) is 0. The molecule has 1 radical (unpaired) electrons. The molecular formula is C5H12NO3S. The van der Waals surface area contributed by atoms with Crippen molar-refractivity contribution < 1.29 is 12.6 Å². The maximum absolute atomic E-state index is 10.5. The maximum atomic E-state index is 10.5. The first kappa shape index (κ1) is 9.87. The lowest BCUT2D eigenvalue weighted by Gasteiger charge is -1.99. The molecule has 0 aliphatic carbocycles. The Morgan fingerprint density at radius 3 is 2.50 bits per heavy atom. The molecule has 0 unspecified atom stereocenters. The van der Waals surface area contributed by atoms with E-state index in [1.54, 1.807) is 0 Å². The lowest BCUT2D eigenvalue weighted by atomic mass is 10.4. The topological polar surface area (TPSA) is 57.5 Å². The summed E-state index contributed by atoms with van der Waals surface area (Å²) in [4.78, 5) is 0. The Balaban J connectivity index is 3.49. The Hall–Kier alpha value is -0.130. The van der Waals surface area contributed by atoms with Crippen molar-refractivity contribution in [3.05, 3.63) is 0 Å². The largest absolute Gasteiger partial charge is 0.352 e. The molecule has 0 aliphatic rings. The second-order valence-electron chi connectivity index (χ2n) is 1.79. The van der Waals surface area contributed by atoms with E-state index in [4.69, 9.17) is 0 Å². The first-order valence-corrected chi connectivity index (χ1v) is 4.49. The Bertz CT molecular complexity index is 164. The van der Waals surface area contributed by atoms with Crippen LogP contribution in [0.15, 0.2) is 0 Å². The Labute approximate surface area is 61.8 Å². The fourth-order valence-electron chi connectivity index (χ4n) is 0.361. The summed E-state index contributed by atoms with van der Waals surface area (Å²) in [5.74, 6) is 0. The van der Waals surface area contributed by atoms with Crippen molar-refractivity contribution in [3.8, 4) is 0 Å². The molecule has 0 aliphatic heterocycles. The van der Waals surface area contributed by atoms with E-state index < -0.39 is 10.3 Å². The molecule has 0 heterocycles. The van der Waals surface area contributed by atoms with Crippen molar-refractivity contribution in [2.75, 3.05) is 13.7 Å². The van der Waals surface area contributed by atoms with Crippen LogP contribution in [0.5, 0.6) is 0 Å². The minimum Gasteiger partial charge on any atom is -0.257 e. The second kappa shape index (κ2) is 4.65. The molecule has 0 aromatic rings. The summed E-state index contributed by atoms with van der Waals surface area (Å²) in [6.07, 6.45) is 1.66. The number of unbranched alkanes of at least 4 members (excludes halogenated alkanes) is 1. The van der Waals surface area contributed by atoms with Gasteiger partial charge in [-0.25, -0.2) is 0 Å². The Kier molecular flexibility index (Phi) is 4.59. The molecule has 0 rings (SSSR count). The van der Waals surface area contributed by atoms with Crippen LogP contribution < -0.4 is 4.72 Å². The van der Waals surface area contributed by atoms with E-state index in [2.05, 4.69) is 8.91 Å². The van der Waals surface area contributed by atoms with Gasteiger partial charge in [0.05, 0.1) is 6.61 Å². The molecule has 0 bridgehead atoms. The zero-order valence-corrected chi connectivity index (χ0v) is 7.02. The number of hydrogen-bond donors (Lipinski definition) is 0. The first-order chi connectivity index (χ1) is 4.62. The highest BCUT2D eigenvalue weighted by atomic mass is 32.2. The zero-order valence-electron chi connectivity index (χ0n) is 6.20. The molecule has 61 valence electrons. The van der Waals surface area contributed by atoms with Gasteiger partial charge in [0.1, 0.15) is 0 Å². The highest BCUT2D eigenvalue weighted by Gasteiger charge is 2.06. The van der Waals surface area contributed by atoms with Gasteiger partial charge in [-0.1, -0.05) is 18.1 Å². The van der Waals surface area contributed by atoms with Gasteiger partial charge < -0.3 is 0 Å². The average Bonchev–Trinajstić information content (AvgIpc) is 1.89. The summed E-state index contributed by atoms with van der Waals surface area (Å²) in [6.45, 7) is 2.19. The number of hydrogen-bond acceptors (Lipinski definition) is 3. The SMILES string of the molecule is CCCCOS(=O)(=O)[N]C. The molecule has 10 heavy (non-hydrogen) atoms. The van der Waals surface area contributed by atoms with Crippen LogP contribution in [-0.4, -0.2) is 22.1 Å². The molecule has 4 nitrogen and oxygen atoms in total.